The first-order chi connectivity index (χ1) is 11.3. The van der Waals surface area contributed by atoms with Crippen molar-refractivity contribution in [1.29, 1.82) is 0 Å². The molecule has 5 nitrogen and oxygen atoms in total. The fraction of sp³-hybridized carbons (Fsp3) is 0.333. The number of hydrogen-bond donors (Lipinski definition) is 2. The summed E-state index contributed by atoms with van der Waals surface area (Å²) in [6, 6.07) is 10.3. The Morgan fingerprint density at radius 1 is 1.22 bits per heavy atom. The summed E-state index contributed by atoms with van der Waals surface area (Å²) < 4.78 is 1.91. The highest BCUT2D eigenvalue weighted by atomic mass is 16.3. The van der Waals surface area contributed by atoms with Crippen molar-refractivity contribution in [2.45, 2.75) is 26.2 Å². The fourth-order valence-electron chi connectivity index (χ4n) is 3.43. The summed E-state index contributed by atoms with van der Waals surface area (Å²) >= 11 is 0. The predicted molar refractivity (Wildman–Crippen MR) is 90.8 cm³/mol. The molecule has 3 aromatic rings. The average molecular weight is 308 g/mol. The molecule has 0 amide bonds. The van der Waals surface area contributed by atoms with Gasteiger partial charge in [0.15, 0.2) is 5.65 Å². The number of aliphatic hydroxyl groups is 1. The van der Waals surface area contributed by atoms with Gasteiger partial charge in [0.25, 0.3) is 0 Å². The van der Waals surface area contributed by atoms with Gasteiger partial charge >= 0.3 is 0 Å². The summed E-state index contributed by atoms with van der Waals surface area (Å²) in [5, 5.41) is 17.2. The minimum atomic E-state index is 0.102. The molecule has 1 aliphatic carbocycles. The maximum absolute atomic E-state index is 9.18. The number of nitrogens with zero attached hydrogens (tertiary/aromatic N) is 3. The van der Waals surface area contributed by atoms with Crippen LogP contribution in [0.2, 0.25) is 0 Å². The van der Waals surface area contributed by atoms with Crippen molar-refractivity contribution in [2.24, 2.45) is 0 Å². The summed E-state index contributed by atoms with van der Waals surface area (Å²) in [6.07, 6.45) is 3.16. The number of hydrogen-bond acceptors (Lipinski definition) is 4. The monoisotopic (exact) mass is 308 g/mol. The maximum Gasteiger partial charge on any atom is 0.165 e. The van der Waals surface area contributed by atoms with Gasteiger partial charge in [-0.2, -0.15) is 9.61 Å². The lowest BCUT2D eigenvalue weighted by Crippen LogP contribution is -2.13. The van der Waals surface area contributed by atoms with Crippen LogP contribution in [0.1, 0.15) is 23.4 Å². The number of aliphatic hydroxyl groups excluding tert-OH is 1. The van der Waals surface area contributed by atoms with Crippen LogP contribution in [-0.2, 0) is 12.8 Å². The Kier molecular flexibility index (Phi) is 3.50. The van der Waals surface area contributed by atoms with E-state index in [9.17, 15) is 5.11 Å². The molecule has 1 aromatic carbocycles. The van der Waals surface area contributed by atoms with Gasteiger partial charge in [-0.25, -0.2) is 4.98 Å². The van der Waals surface area contributed by atoms with E-state index in [0.29, 0.717) is 6.54 Å². The smallest absolute Gasteiger partial charge is 0.165 e. The van der Waals surface area contributed by atoms with E-state index in [-0.39, 0.29) is 6.61 Å². The van der Waals surface area contributed by atoms with Crippen LogP contribution in [0.25, 0.3) is 16.8 Å². The molecule has 0 unspecified atom stereocenters. The summed E-state index contributed by atoms with van der Waals surface area (Å²) in [7, 11) is 0. The zero-order chi connectivity index (χ0) is 15.8. The lowest BCUT2D eigenvalue weighted by Gasteiger charge is -2.12. The van der Waals surface area contributed by atoms with Crippen molar-refractivity contribution >= 4 is 11.5 Å². The van der Waals surface area contributed by atoms with Crippen LogP contribution in [0, 0.1) is 6.92 Å². The molecule has 1 aliphatic rings. The van der Waals surface area contributed by atoms with Crippen molar-refractivity contribution in [1.82, 2.24) is 14.6 Å². The van der Waals surface area contributed by atoms with E-state index in [4.69, 9.17) is 10.1 Å². The van der Waals surface area contributed by atoms with Crippen LogP contribution in [0.3, 0.4) is 0 Å². The second-order valence-electron chi connectivity index (χ2n) is 5.95. The third-order valence-corrected chi connectivity index (χ3v) is 4.43. The third kappa shape index (κ3) is 2.28. The highest BCUT2D eigenvalue weighted by molar-refractivity contribution is 5.81. The normalized spacial score (nSPS) is 13.5. The molecule has 0 saturated heterocycles. The van der Waals surface area contributed by atoms with E-state index in [2.05, 4.69) is 17.4 Å². The number of aryl methyl sites for hydroxylation is 2. The van der Waals surface area contributed by atoms with Gasteiger partial charge in [-0.15, -0.1) is 0 Å². The van der Waals surface area contributed by atoms with Gasteiger partial charge in [-0.3, -0.25) is 0 Å². The molecule has 0 bridgehead atoms. The summed E-state index contributed by atoms with van der Waals surface area (Å²) in [4.78, 5) is 4.92. The predicted octanol–water partition coefficient (Wildman–Crippen LogP) is 2.60. The Morgan fingerprint density at radius 3 is 2.83 bits per heavy atom. The SMILES string of the molecule is Cc1nn2c(NCCO)c3c(nc2c1-c1ccccc1)CCC3. The van der Waals surface area contributed by atoms with Gasteiger partial charge in [0.2, 0.25) is 0 Å². The van der Waals surface area contributed by atoms with Crippen LogP contribution >= 0.6 is 0 Å². The Hall–Kier alpha value is -2.40. The van der Waals surface area contributed by atoms with Crippen LogP contribution in [0.5, 0.6) is 0 Å². The second kappa shape index (κ2) is 5.66. The minimum Gasteiger partial charge on any atom is -0.395 e. The highest BCUT2D eigenvalue weighted by Gasteiger charge is 2.23. The van der Waals surface area contributed by atoms with Gasteiger partial charge in [-0.1, -0.05) is 30.3 Å². The number of benzene rings is 1. The molecule has 0 aliphatic heterocycles. The molecule has 2 aromatic heterocycles. The van der Waals surface area contributed by atoms with Crippen molar-refractivity contribution in [2.75, 3.05) is 18.5 Å². The molecule has 5 heteroatoms. The molecule has 0 fully saturated rings. The summed E-state index contributed by atoms with van der Waals surface area (Å²) in [5.74, 6) is 0.988. The molecule has 0 radical (unpaired) electrons. The molecule has 0 saturated carbocycles. The average Bonchev–Trinajstić information content (AvgIpc) is 3.16. The van der Waals surface area contributed by atoms with E-state index in [1.807, 2.05) is 29.6 Å². The standard InChI is InChI=1S/C18H20N4O/c1-12-16(13-6-3-2-4-7-13)18-20-15-9-5-8-14(15)17(19-10-11-23)22(18)21-12/h2-4,6-7,19,23H,5,8-11H2,1H3. The molecule has 0 spiro atoms. The number of aromatic nitrogens is 3. The van der Waals surface area contributed by atoms with Crippen LogP contribution in [-0.4, -0.2) is 32.9 Å². The number of nitrogens with one attached hydrogen (secondary N) is 1. The molecule has 118 valence electrons. The van der Waals surface area contributed by atoms with Crippen molar-refractivity contribution < 1.29 is 5.11 Å². The van der Waals surface area contributed by atoms with E-state index < -0.39 is 0 Å². The zero-order valence-corrected chi connectivity index (χ0v) is 13.2. The molecule has 23 heavy (non-hydrogen) atoms. The Morgan fingerprint density at radius 2 is 2.04 bits per heavy atom. The number of rotatable bonds is 4. The molecular weight excluding hydrogens is 288 g/mol. The van der Waals surface area contributed by atoms with Gasteiger partial charge in [0, 0.05) is 23.4 Å². The fourth-order valence-corrected chi connectivity index (χ4v) is 3.43. The van der Waals surface area contributed by atoms with Crippen LogP contribution < -0.4 is 5.32 Å². The van der Waals surface area contributed by atoms with Crippen LogP contribution in [0.15, 0.2) is 30.3 Å². The largest absolute Gasteiger partial charge is 0.395 e. The molecular formula is C18H20N4O. The quantitative estimate of drug-likeness (QED) is 0.778. The Labute approximate surface area is 135 Å². The second-order valence-corrected chi connectivity index (χ2v) is 5.95. The molecule has 4 rings (SSSR count). The van der Waals surface area contributed by atoms with E-state index in [1.165, 1.54) is 5.56 Å². The Bertz CT molecular complexity index is 855. The summed E-state index contributed by atoms with van der Waals surface area (Å²) in [5.41, 5.74) is 6.50. The Balaban J connectivity index is 1.98. The van der Waals surface area contributed by atoms with Crippen LogP contribution in [0.4, 0.5) is 5.82 Å². The lowest BCUT2D eigenvalue weighted by molar-refractivity contribution is 0.311. The van der Waals surface area contributed by atoms with Crippen molar-refractivity contribution in [3.05, 3.63) is 47.3 Å². The minimum absolute atomic E-state index is 0.102. The number of fused-ring (bicyclic) bond motifs is 2. The molecule has 2 heterocycles. The van der Waals surface area contributed by atoms with Gasteiger partial charge in [-0.05, 0) is 31.7 Å². The summed E-state index contributed by atoms with van der Waals surface area (Å²) in [6.45, 7) is 2.65. The van der Waals surface area contributed by atoms with E-state index in [0.717, 1.165) is 53.2 Å². The zero-order valence-electron chi connectivity index (χ0n) is 13.2. The topological polar surface area (TPSA) is 62.5 Å². The van der Waals surface area contributed by atoms with Gasteiger partial charge in [0.1, 0.15) is 5.82 Å². The maximum atomic E-state index is 9.18. The molecule has 0 atom stereocenters. The molecule has 2 N–H and O–H groups in total. The first-order valence-electron chi connectivity index (χ1n) is 8.11. The third-order valence-electron chi connectivity index (χ3n) is 4.43. The van der Waals surface area contributed by atoms with E-state index in [1.54, 1.807) is 0 Å². The highest BCUT2D eigenvalue weighted by Crippen LogP contribution is 2.34. The first kappa shape index (κ1) is 14.2. The van der Waals surface area contributed by atoms with Crippen molar-refractivity contribution in [3.63, 3.8) is 0 Å². The number of anilines is 1. The lowest BCUT2D eigenvalue weighted by atomic mass is 10.1. The van der Waals surface area contributed by atoms with Gasteiger partial charge in [0.05, 0.1) is 12.3 Å². The van der Waals surface area contributed by atoms with Crippen molar-refractivity contribution in [3.8, 4) is 11.1 Å². The van der Waals surface area contributed by atoms with E-state index >= 15 is 0 Å². The first-order valence-corrected chi connectivity index (χ1v) is 8.11. The van der Waals surface area contributed by atoms with Gasteiger partial charge < -0.3 is 10.4 Å².